The van der Waals surface area contributed by atoms with E-state index in [0.29, 0.717) is 24.0 Å². The molecule has 1 aliphatic carbocycles. The summed E-state index contributed by atoms with van der Waals surface area (Å²) in [5.74, 6) is -1.29. The van der Waals surface area contributed by atoms with Crippen molar-refractivity contribution in [3.63, 3.8) is 0 Å². The molecular formula is C18H24O5. The van der Waals surface area contributed by atoms with Crippen molar-refractivity contribution in [3.05, 3.63) is 34.9 Å². The van der Waals surface area contributed by atoms with Crippen molar-refractivity contribution in [2.75, 3.05) is 0 Å². The summed E-state index contributed by atoms with van der Waals surface area (Å²) in [5, 5.41) is 19.6. The molecule has 2 N–H and O–H groups in total. The third-order valence-electron chi connectivity index (χ3n) is 4.35. The van der Waals surface area contributed by atoms with Gasteiger partial charge in [-0.2, -0.15) is 0 Å². The maximum atomic E-state index is 11.9. The molecule has 5 heteroatoms. The number of carboxylic acid groups (broad SMARTS) is 1. The minimum absolute atomic E-state index is 0.107. The van der Waals surface area contributed by atoms with Crippen LogP contribution in [0.3, 0.4) is 0 Å². The summed E-state index contributed by atoms with van der Waals surface area (Å²) >= 11 is 0. The van der Waals surface area contributed by atoms with Crippen LogP contribution in [0.15, 0.2) is 34.9 Å². The molecule has 0 saturated heterocycles. The van der Waals surface area contributed by atoms with E-state index in [4.69, 9.17) is 0 Å². The Labute approximate surface area is 136 Å². The van der Waals surface area contributed by atoms with Crippen LogP contribution in [0, 0.1) is 5.41 Å². The molecule has 0 bridgehead atoms. The fourth-order valence-corrected chi connectivity index (χ4v) is 2.59. The van der Waals surface area contributed by atoms with E-state index in [9.17, 15) is 24.6 Å². The predicted molar refractivity (Wildman–Crippen MR) is 86.9 cm³/mol. The van der Waals surface area contributed by atoms with Gasteiger partial charge in [0.25, 0.3) is 0 Å². The standard InChI is InChI=1S/C18H24O5/c1-11(6-5-7-12(2)19)8-9-14-13(3)15(20)10-16(21)18(14,4)17(22)23/h6,8-9,16,21H,5,7,10H2,1-4H3,(H,22,23). The summed E-state index contributed by atoms with van der Waals surface area (Å²) in [6.07, 6.45) is 4.82. The van der Waals surface area contributed by atoms with Crippen molar-refractivity contribution >= 4 is 17.5 Å². The van der Waals surface area contributed by atoms with E-state index in [1.807, 2.05) is 13.0 Å². The Morgan fingerprint density at radius 2 is 1.96 bits per heavy atom. The smallest absolute Gasteiger partial charge is 0.316 e. The van der Waals surface area contributed by atoms with Gasteiger partial charge in [-0.15, -0.1) is 0 Å². The number of Topliss-reactive ketones (excluding diaryl/α,β-unsaturated/α-hetero) is 2. The molecule has 2 atom stereocenters. The molecule has 2 unspecified atom stereocenters. The van der Waals surface area contributed by atoms with Crippen LogP contribution in [-0.2, 0) is 14.4 Å². The van der Waals surface area contributed by atoms with Crippen molar-refractivity contribution in [3.8, 4) is 0 Å². The molecule has 1 aliphatic rings. The number of carbonyl (C=O) groups is 3. The Balaban J connectivity index is 3.12. The minimum atomic E-state index is -1.51. The normalized spacial score (nSPS) is 26.0. The second-order valence-electron chi connectivity index (χ2n) is 6.21. The van der Waals surface area contributed by atoms with Gasteiger partial charge < -0.3 is 15.0 Å². The second kappa shape index (κ2) is 7.51. The van der Waals surface area contributed by atoms with Gasteiger partial charge in [0.2, 0.25) is 0 Å². The molecule has 0 fully saturated rings. The van der Waals surface area contributed by atoms with Gasteiger partial charge in [-0.25, -0.2) is 0 Å². The van der Waals surface area contributed by atoms with Crippen molar-refractivity contribution in [2.45, 2.75) is 53.1 Å². The van der Waals surface area contributed by atoms with E-state index in [1.165, 1.54) is 13.8 Å². The Hall–Kier alpha value is -2.01. The minimum Gasteiger partial charge on any atom is -0.481 e. The lowest BCUT2D eigenvalue weighted by Crippen LogP contribution is -2.46. The molecule has 1 rings (SSSR count). The molecule has 0 radical (unpaired) electrons. The summed E-state index contributed by atoms with van der Waals surface area (Å²) in [6.45, 7) is 6.39. The Morgan fingerprint density at radius 3 is 2.48 bits per heavy atom. The maximum absolute atomic E-state index is 11.9. The van der Waals surface area contributed by atoms with Gasteiger partial charge in [-0.1, -0.05) is 23.8 Å². The van der Waals surface area contributed by atoms with E-state index in [-0.39, 0.29) is 18.0 Å². The van der Waals surface area contributed by atoms with Crippen LogP contribution in [0.25, 0.3) is 0 Å². The molecular weight excluding hydrogens is 296 g/mol. The first-order valence-corrected chi connectivity index (χ1v) is 7.61. The Morgan fingerprint density at radius 1 is 1.35 bits per heavy atom. The average molecular weight is 320 g/mol. The lowest BCUT2D eigenvalue weighted by Gasteiger charge is -2.36. The average Bonchev–Trinajstić information content (AvgIpc) is 2.44. The molecule has 23 heavy (non-hydrogen) atoms. The zero-order valence-electron chi connectivity index (χ0n) is 14.0. The molecule has 5 nitrogen and oxygen atoms in total. The fraction of sp³-hybridized carbons (Fsp3) is 0.500. The number of hydrogen-bond donors (Lipinski definition) is 2. The summed E-state index contributed by atoms with van der Waals surface area (Å²) in [6, 6.07) is 0. The summed E-state index contributed by atoms with van der Waals surface area (Å²) < 4.78 is 0. The van der Waals surface area contributed by atoms with Gasteiger partial charge in [0.15, 0.2) is 5.78 Å². The zero-order valence-corrected chi connectivity index (χ0v) is 14.0. The zero-order chi connectivity index (χ0) is 17.8. The Bertz CT molecular complexity index is 609. The number of carboxylic acids is 1. The number of rotatable bonds is 6. The maximum Gasteiger partial charge on any atom is 0.316 e. The molecule has 0 saturated carbocycles. The van der Waals surface area contributed by atoms with Crippen LogP contribution in [0.2, 0.25) is 0 Å². The van der Waals surface area contributed by atoms with Crippen LogP contribution in [-0.4, -0.2) is 33.9 Å². The highest BCUT2D eigenvalue weighted by atomic mass is 16.4. The van der Waals surface area contributed by atoms with Crippen molar-refractivity contribution in [1.82, 2.24) is 0 Å². The van der Waals surface area contributed by atoms with E-state index >= 15 is 0 Å². The summed E-state index contributed by atoms with van der Waals surface area (Å²) in [4.78, 5) is 34.5. The first-order chi connectivity index (χ1) is 10.6. The number of aliphatic hydroxyl groups is 1. The first kappa shape index (κ1) is 19.0. The van der Waals surface area contributed by atoms with Gasteiger partial charge >= 0.3 is 5.97 Å². The van der Waals surface area contributed by atoms with Crippen LogP contribution < -0.4 is 0 Å². The molecule has 0 heterocycles. The van der Waals surface area contributed by atoms with Crippen LogP contribution >= 0.6 is 0 Å². The molecule has 0 aromatic rings. The summed E-state index contributed by atoms with van der Waals surface area (Å²) in [5.41, 5.74) is 0.0570. The number of aliphatic hydroxyl groups excluding tert-OH is 1. The number of aliphatic carboxylic acids is 1. The largest absolute Gasteiger partial charge is 0.481 e. The number of hydrogen-bond acceptors (Lipinski definition) is 4. The SMILES string of the molecule is CC(=O)CCC=C(C)C=CC1=C(C)C(=O)CC(O)C1(C)C(=O)O. The number of ketones is 2. The monoisotopic (exact) mass is 320 g/mol. The van der Waals surface area contributed by atoms with Gasteiger partial charge in [-0.05, 0) is 45.3 Å². The molecule has 0 amide bonds. The third-order valence-corrected chi connectivity index (χ3v) is 4.35. The van der Waals surface area contributed by atoms with Crippen molar-refractivity contribution in [2.24, 2.45) is 5.41 Å². The highest BCUT2D eigenvalue weighted by molar-refractivity contribution is 6.00. The van der Waals surface area contributed by atoms with Crippen LogP contribution in [0.5, 0.6) is 0 Å². The Kier molecular flexibility index (Phi) is 6.21. The topological polar surface area (TPSA) is 91.7 Å². The molecule has 0 spiro atoms. The van der Waals surface area contributed by atoms with Gasteiger partial charge in [-0.3, -0.25) is 9.59 Å². The third kappa shape index (κ3) is 4.26. The molecule has 0 aromatic heterocycles. The van der Waals surface area contributed by atoms with E-state index in [2.05, 4.69) is 0 Å². The van der Waals surface area contributed by atoms with E-state index in [0.717, 1.165) is 5.57 Å². The van der Waals surface area contributed by atoms with Gasteiger partial charge in [0.1, 0.15) is 11.2 Å². The number of allylic oxidation sites excluding steroid dienone is 5. The number of carbonyl (C=O) groups excluding carboxylic acids is 2. The van der Waals surface area contributed by atoms with Crippen molar-refractivity contribution < 1.29 is 24.6 Å². The molecule has 126 valence electrons. The quantitative estimate of drug-likeness (QED) is 0.734. The fourth-order valence-electron chi connectivity index (χ4n) is 2.59. The van der Waals surface area contributed by atoms with Crippen molar-refractivity contribution in [1.29, 1.82) is 0 Å². The van der Waals surface area contributed by atoms with E-state index in [1.54, 1.807) is 19.1 Å². The summed E-state index contributed by atoms with van der Waals surface area (Å²) in [7, 11) is 0. The van der Waals surface area contributed by atoms with Gasteiger partial charge in [0, 0.05) is 12.8 Å². The molecule has 0 aromatic carbocycles. The highest BCUT2D eigenvalue weighted by Crippen LogP contribution is 2.40. The van der Waals surface area contributed by atoms with Crippen LogP contribution in [0.4, 0.5) is 0 Å². The van der Waals surface area contributed by atoms with E-state index < -0.39 is 17.5 Å². The predicted octanol–water partition coefficient (Wildman–Crippen LogP) is 2.60. The lowest BCUT2D eigenvalue weighted by atomic mass is 9.68. The lowest BCUT2D eigenvalue weighted by molar-refractivity contribution is -0.152. The van der Waals surface area contributed by atoms with Gasteiger partial charge in [0.05, 0.1) is 6.10 Å². The first-order valence-electron chi connectivity index (χ1n) is 7.61. The highest BCUT2D eigenvalue weighted by Gasteiger charge is 2.48. The van der Waals surface area contributed by atoms with Crippen LogP contribution in [0.1, 0.15) is 47.0 Å². The second-order valence-corrected chi connectivity index (χ2v) is 6.21. The molecule has 0 aliphatic heterocycles.